The molecule has 0 saturated carbocycles. The minimum absolute atomic E-state index is 0.217. The zero-order valence-corrected chi connectivity index (χ0v) is 13.3. The summed E-state index contributed by atoms with van der Waals surface area (Å²) in [7, 11) is 0. The first-order valence-electron chi connectivity index (χ1n) is 7.25. The van der Waals surface area contributed by atoms with Crippen LogP contribution < -0.4 is 10.1 Å². The lowest BCUT2D eigenvalue weighted by Crippen LogP contribution is -2.23. The highest BCUT2D eigenvalue weighted by molar-refractivity contribution is 7.71. The van der Waals surface area contributed by atoms with E-state index in [9.17, 15) is 4.79 Å². The molecule has 1 amide bonds. The highest BCUT2D eigenvalue weighted by atomic mass is 32.1. The van der Waals surface area contributed by atoms with E-state index in [0.29, 0.717) is 29.2 Å². The van der Waals surface area contributed by atoms with Gasteiger partial charge in [0.1, 0.15) is 4.64 Å². The van der Waals surface area contributed by atoms with Crippen molar-refractivity contribution in [1.82, 2.24) is 15.3 Å². The van der Waals surface area contributed by atoms with Crippen LogP contribution in [0.2, 0.25) is 0 Å². The molecule has 22 heavy (non-hydrogen) atoms. The Hall–Kier alpha value is -2.21. The molecule has 116 valence electrons. The Kier molecular flexibility index (Phi) is 6.09. The molecule has 0 spiro atoms. The van der Waals surface area contributed by atoms with Crippen molar-refractivity contribution in [1.29, 1.82) is 0 Å². The van der Waals surface area contributed by atoms with Gasteiger partial charge >= 0.3 is 0 Å². The van der Waals surface area contributed by atoms with Crippen LogP contribution in [-0.2, 0) is 6.54 Å². The Balaban J connectivity index is 2.01. The first-order chi connectivity index (χ1) is 10.7. The monoisotopic (exact) mass is 317 g/mol. The standard InChI is InChI=1S/C16H19N3O2S/c1-2-3-10-21-15-12(6-4-8-17-15)11-19-14(20)13-7-5-9-18-16(13)22/h4-9H,2-3,10-11H2,1H3,(H,18,22)(H,19,20). The molecule has 2 aromatic rings. The molecule has 2 N–H and O–H groups in total. The third kappa shape index (κ3) is 4.39. The summed E-state index contributed by atoms with van der Waals surface area (Å²) < 4.78 is 6.07. The van der Waals surface area contributed by atoms with Crippen LogP contribution in [0.25, 0.3) is 0 Å². The minimum atomic E-state index is -0.217. The van der Waals surface area contributed by atoms with Crippen molar-refractivity contribution in [3.8, 4) is 5.88 Å². The van der Waals surface area contributed by atoms with Gasteiger partial charge in [0, 0.05) is 24.5 Å². The fraction of sp³-hybridized carbons (Fsp3) is 0.312. The SMILES string of the molecule is CCCCOc1ncccc1CNC(=O)c1ccc[nH]c1=S. The molecule has 2 heterocycles. The van der Waals surface area contributed by atoms with E-state index in [1.807, 2.05) is 12.1 Å². The molecule has 0 unspecified atom stereocenters. The number of unbranched alkanes of at least 4 members (excludes halogenated alkanes) is 1. The molecule has 0 aliphatic carbocycles. The molecule has 0 fully saturated rings. The van der Waals surface area contributed by atoms with E-state index in [4.69, 9.17) is 17.0 Å². The highest BCUT2D eigenvalue weighted by Crippen LogP contribution is 2.14. The van der Waals surface area contributed by atoms with E-state index in [1.54, 1.807) is 24.5 Å². The number of nitrogens with one attached hydrogen (secondary N) is 2. The van der Waals surface area contributed by atoms with Crippen LogP contribution in [0, 0.1) is 4.64 Å². The summed E-state index contributed by atoms with van der Waals surface area (Å²) in [5, 5.41) is 2.84. The van der Waals surface area contributed by atoms with Crippen molar-refractivity contribution in [3.63, 3.8) is 0 Å². The molecule has 2 rings (SSSR count). The maximum Gasteiger partial charge on any atom is 0.254 e. The zero-order valence-electron chi connectivity index (χ0n) is 12.5. The molecule has 0 saturated heterocycles. The van der Waals surface area contributed by atoms with E-state index in [-0.39, 0.29) is 5.91 Å². The number of nitrogens with zero attached hydrogens (tertiary/aromatic N) is 1. The van der Waals surface area contributed by atoms with Crippen molar-refractivity contribution in [2.24, 2.45) is 0 Å². The van der Waals surface area contributed by atoms with E-state index in [1.165, 1.54) is 0 Å². The topological polar surface area (TPSA) is 67.0 Å². The highest BCUT2D eigenvalue weighted by Gasteiger charge is 2.10. The Bertz CT molecular complexity index is 685. The molecular weight excluding hydrogens is 298 g/mol. The van der Waals surface area contributed by atoms with Gasteiger partial charge in [-0.15, -0.1) is 0 Å². The third-order valence-electron chi connectivity index (χ3n) is 3.09. The van der Waals surface area contributed by atoms with Crippen LogP contribution in [-0.4, -0.2) is 22.5 Å². The number of ether oxygens (including phenoxy) is 1. The van der Waals surface area contributed by atoms with Gasteiger partial charge in [0.2, 0.25) is 5.88 Å². The third-order valence-corrected chi connectivity index (χ3v) is 3.43. The summed E-state index contributed by atoms with van der Waals surface area (Å²) in [4.78, 5) is 19.2. The van der Waals surface area contributed by atoms with Gasteiger partial charge in [-0.1, -0.05) is 31.6 Å². The van der Waals surface area contributed by atoms with Gasteiger partial charge in [-0.05, 0) is 24.6 Å². The molecule has 5 nitrogen and oxygen atoms in total. The summed E-state index contributed by atoms with van der Waals surface area (Å²) in [6.07, 6.45) is 5.41. The second kappa shape index (κ2) is 8.29. The average molecular weight is 317 g/mol. The van der Waals surface area contributed by atoms with Crippen molar-refractivity contribution in [3.05, 3.63) is 52.4 Å². The van der Waals surface area contributed by atoms with E-state index in [0.717, 1.165) is 18.4 Å². The Labute approximate surface area is 134 Å². The Morgan fingerprint density at radius 2 is 2.27 bits per heavy atom. The first kappa shape index (κ1) is 16.2. The Morgan fingerprint density at radius 1 is 1.41 bits per heavy atom. The summed E-state index contributed by atoms with van der Waals surface area (Å²) in [6, 6.07) is 7.15. The largest absolute Gasteiger partial charge is 0.477 e. The second-order valence-corrected chi connectivity index (χ2v) is 5.17. The van der Waals surface area contributed by atoms with Crippen molar-refractivity contribution < 1.29 is 9.53 Å². The normalized spacial score (nSPS) is 10.2. The predicted octanol–water partition coefficient (Wildman–Crippen LogP) is 3.25. The molecule has 0 atom stereocenters. The summed E-state index contributed by atoms with van der Waals surface area (Å²) in [5.74, 6) is 0.347. The van der Waals surface area contributed by atoms with Crippen molar-refractivity contribution >= 4 is 18.1 Å². The lowest BCUT2D eigenvalue weighted by molar-refractivity contribution is 0.0949. The molecule has 0 aliphatic heterocycles. The van der Waals surface area contributed by atoms with Gasteiger partial charge in [0.25, 0.3) is 5.91 Å². The van der Waals surface area contributed by atoms with Crippen LogP contribution in [0.1, 0.15) is 35.7 Å². The van der Waals surface area contributed by atoms with Gasteiger partial charge in [-0.3, -0.25) is 4.79 Å². The van der Waals surface area contributed by atoms with Gasteiger partial charge in [0.15, 0.2) is 0 Å². The summed E-state index contributed by atoms with van der Waals surface area (Å²) in [5.41, 5.74) is 1.30. The molecule has 0 radical (unpaired) electrons. The molecule has 2 aromatic heterocycles. The molecule has 0 bridgehead atoms. The summed E-state index contributed by atoms with van der Waals surface area (Å²) >= 11 is 5.10. The van der Waals surface area contributed by atoms with Crippen LogP contribution >= 0.6 is 12.2 Å². The van der Waals surface area contributed by atoms with Crippen molar-refractivity contribution in [2.45, 2.75) is 26.3 Å². The number of aromatic amines is 1. The fourth-order valence-corrected chi connectivity index (χ4v) is 2.10. The number of amides is 1. The second-order valence-electron chi connectivity index (χ2n) is 4.77. The lowest BCUT2D eigenvalue weighted by Gasteiger charge is -2.10. The van der Waals surface area contributed by atoms with E-state index in [2.05, 4.69) is 22.2 Å². The average Bonchev–Trinajstić information content (AvgIpc) is 2.54. The number of hydrogen-bond acceptors (Lipinski definition) is 4. The first-order valence-corrected chi connectivity index (χ1v) is 7.65. The predicted molar refractivity (Wildman–Crippen MR) is 87.4 cm³/mol. The van der Waals surface area contributed by atoms with Gasteiger partial charge in [0.05, 0.1) is 12.2 Å². The number of rotatable bonds is 7. The smallest absolute Gasteiger partial charge is 0.254 e. The number of pyridine rings is 2. The minimum Gasteiger partial charge on any atom is -0.477 e. The number of H-pyrrole nitrogens is 1. The quantitative estimate of drug-likeness (QED) is 0.607. The van der Waals surface area contributed by atoms with Crippen LogP contribution in [0.5, 0.6) is 5.88 Å². The molecule has 6 heteroatoms. The van der Waals surface area contributed by atoms with Crippen LogP contribution in [0.4, 0.5) is 0 Å². The number of hydrogen-bond donors (Lipinski definition) is 2. The van der Waals surface area contributed by atoms with Gasteiger partial charge < -0.3 is 15.0 Å². The fourth-order valence-electron chi connectivity index (χ4n) is 1.87. The Morgan fingerprint density at radius 3 is 3.05 bits per heavy atom. The van der Waals surface area contributed by atoms with Crippen LogP contribution in [0.3, 0.4) is 0 Å². The number of carbonyl (C=O) groups excluding carboxylic acids is 1. The maximum absolute atomic E-state index is 12.2. The van der Waals surface area contributed by atoms with E-state index < -0.39 is 0 Å². The maximum atomic E-state index is 12.2. The summed E-state index contributed by atoms with van der Waals surface area (Å²) in [6.45, 7) is 3.07. The lowest BCUT2D eigenvalue weighted by atomic mass is 10.2. The van der Waals surface area contributed by atoms with Gasteiger partial charge in [-0.25, -0.2) is 4.98 Å². The van der Waals surface area contributed by atoms with E-state index >= 15 is 0 Å². The van der Waals surface area contributed by atoms with Crippen LogP contribution in [0.15, 0.2) is 36.7 Å². The van der Waals surface area contributed by atoms with Crippen molar-refractivity contribution in [2.75, 3.05) is 6.61 Å². The molecular formula is C16H19N3O2S. The number of aromatic nitrogens is 2. The molecule has 0 aromatic carbocycles. The van der Waals surface area contributed by atoms with Gasteiger partial charge in [-0.2, -0.15) is 0 Å². The molecule has 0 aliphatic rings. The zero-order chi connectivity index (χ0) is 15.8. The number of carbonyl (C=O) groups is 1.